The molecular weight excluding hydrogens is 740 g/mol. The summed E-state index contributed by atoms with van der Waals surface area (Å²) in [5, 5.41) is 216. The van der Waals surface area contributed by atoms with Crippen LogP contribution in [0.15, 0.2) is 0 Å². The van der Waals surface area contributed by atoms with Gasteiger partial charge in [0.2, 0.25) is 0 Å². The summed E-state index contributed by atoms with van der Waals surface area (Å²) in [6, 6.07) is 0. The molecular formula is C35H56O20. The molecule has 20 N–H and O–H groups in total. The standard InChI is InChI=1S/C35H56O20/c1-35(2,33-29(19(52)9-42)25(15(48)5-38)23(13(46)3-36)26(16(49)6-39)30(33)20(53)10-43)34-31(21(54)11-44)27(17(50)7-40)24(14(47)4-37)28(18(51)8-41)32(34)22(55)12-45/h13-22,36-55H,3-12H2,1-2H3. The van der Waals surface area contributed by atoms with Gasteiger partial charge in [-0.05, 0) is 66.8 Å². The Labute approximate surface area is 315 Å². The third kappa shape index (κ3) is 9.19. The average molecular weight is 797 g/mol. The van der Waals surface area contributed by atoms with Crippen LogP contribution < -0.4 is 0 Å². The molecule has 2 rings (SSSR count). The van der Waals surface area contributed by atoms with Gasteiger partial charge >= 0.3 is 0 Å². The molecule has 20 nitrogen and oxygen atoms in total. The highest BCUT2D eigenvalue weighted by Crippen LogP contribution is 2.54. The Kier molecular flexibility index (Phi) is 18.5. The Morgan fingerprint density at radius 2 is 0.364 bits per heavy atom. The second-order valence-electron chi connectivity index (χ2n) is 13.5. The van der Waals surface area contributed by atoms with E-state index in [2.05, 4.69) is 0 Å². The second-order valence-corrected chi connectivity index (χ2v) is 13.5. The van der Waals surface area contributed by atoms with E-state index >= 15 is 0 Å². The number of aliphatic hydroxyl groups excluding tert-OH is 20. The molecule has 0 bridgehead atoms. The van der Waals surface area contributed by atoms with Gasteiger partial charge in [0.15, 0.2) is 0 Å². The second kappa shape index (κ2) is 20.9. The quantitative estimate of drug-likeness (QED) is 0.0528. The molecule has 55 heavy (non-hydrogen) atoms. The van der Waals surface area contributed by atoms with Gasteiger partial charge in [0, 0.05) is 5.41 Å². The summed E-state index contributed by atoms with van der Waals surface area (Å²) in [4.78, 5) is 0. The lowest BCUT2D eigenvalue weighted by Gasteiger charge is -2.43. The van der Waals surface area contributed by atoms with E-state index in [0.717, 1.165) is 0 Å². The minimum atomic E-state index is -2.32. The van der Waals surface area contributed by atoms with Gasteiger partial charge in [-0.3, -0.25) is 0 Å². The van der Waals surface area contributed by atoms with Crippen molar-refractivity contribution in [1.29, 1.82) is 0 Å². The Hall–Kier alpha value is -2.36. The fraction of sp³-hybridized carbons (Fsp3) is 0.657. The molecule has 0 saturated carbocycles. The molecule has 20 heteroatoms. The number of benzene rings is 2. The van der Waals surface area contributed by atoms with Crippen molar-refractivity contribution in [1.82, 2.24) is 0 Å². The summed E-state index contributed by atoms with van der Waals surface area (Å²) in [7, 11) is 0. The van der Waals surface area contributed by atoms with Gasteiger partial charge in [-0.1, -0.05) is 13.8 Å². The first-order valence-electron chi connectivity index (χ1n) is 17.2. The molecule has 0 heterocycles. The maximum atomic E-state index is 11.5. The third-order valence-corrected chi connectivity index (χ3v) is 9.71. The first kappa shape index (κ1) is 48.8. The molecule has 0 amide bonds. The SMILES string of the molecule is CC(C)(c1c(C(O)CO)c(C(O)CO)c(C(O)CO)c(C(O)CO)c1C(O)CO)c1c(C(O)CO)c(C(O)CO)c(C(O)CO)c(C(O)CO)c1C(O)CO. The van der Waals surface area contributed by atoms with Gasteiger partial charge in [0.1, 0.15) is 61.0 Å². The van der Waals surface area contributed by atoms with E-state index in [0.29, 0.717) is 0 Å². The van der Waals surface area contributed by atoms with Crippen LogP contribution in [0.3, 0.4) is 0 Å². The van der Waals surface area contributed by atoms with Crippen molar-refractivity contribution in [3.63, 3.8) is 0 Å². The van der Waals surface area contributed by atoms with E-state index in [4.69, 9.17) is 0 Å². The number of hydrogen-bond acceptors (Lipinski definition) is 20. The molecule has 10 unspecified atom stereocenters. The highest BCUT2D eigenvalue weighted by atomic mass is 16.4. The van der Waals surface area contributed by atoms with Crippen LogP contribution in [0, 0.1) is 0 Å². The van der Waals surface area contributed by atoms with Crippen LogP contribution in [-0.2, 0) is 5.41 Å². The molecule has 0 radical (unpaired) electrons. The summed E-state index contributed by atoms with van der Waals surface area (Å²) in [6.07, 6.45) is -21.9. The topological polar surface area (TPSA) is 405 Å². The summed E-state index contributed by atoms with van der Waals surface area (Å²) >= 11 is 0. The normalized spacial score (nSPS) is 18.0. The monoisotopic (exact) mass is 796 g/mol. The van der Waals surface area contributed by atoms with E-state index < -0.39 is 199 Å². The smallest absolute Gasteiger partial charge is 0.103 e. The minimum absolute atomic E-state index is 0.600. The van der Waals surface area contributed by atoms with Crippen LogP contribution in [0.1, 0.15) is 142 Å². The zero-order valence-corrected chi connectivity index (χ0v) is 30.3. The Morgan fingerprint density at radius 3 is 0.491 bits per heavy atom. The predicted molar refractivity (Wildman–Crippen MR) is 185 cm³/mol. The fourth-order valence-electron chi connectivity index (χ4n) is 7.62. The maximum absolute atomic E-state index is 11.5. The van der Waals surface area contributed by atoms with Crippen molar-refractivity contribution in [2.75, 3.05) is 66.1 Å². The van der Waals surface area contributed by atoms with Gasteiger partial charge in [-0.25, -0.2) is 0 Å². The molecule has 0 aromatic heterocycles. The van der Waals surface area contributed by atoms with E-state index in [-0.39, 0.29) is 0 Å². The van der Waals surface area contributed by atoms with Crippen LogP contribution in [0.25, 0.3) is 0 Å². The Bertz CT molecular complexity index is 1350. The molecule has 0 fully saturated rings. The first-order chi connectivity index (χ1) is 25.8. The van der Waals surface area contributed by atoms with Crippen LogP contribution in [0.4, 0.5) is 0 Å². The molecule has 10 atom stereocenters. The first-order valence-corrected chi connectivity index (χ1v) is 17.2. The minimum Gasteiger partial charge on any atom is -0.393 e. The van der Waals surface area contributed by atoms with Gasteiger partial charge in [0.05, 0.1) is 66.1 Å². The molecule has 0 aliphatic carbocycles. The van der Waals surface area contributed by atoms with Crippen molar-refractivity contribution < 1.29 is 102 Å². The van der Waals surface area contributed by atoms with Crippen LogP contribution >= 0.6 is 0 Å². The van der Waals surface area contributed by atoms with Crippen molar-refractivity contribution >= 4 is 0 Å². The van der Waals surface area contributed by atoms with Crippen LogP contribution in [0.2, 0.25) is 0 Å². The Morgan fingerprint density at radius 1 is 0.255 bits per heavy atom. The molecule has 0 aliphatic rings. The van der Waals surface area contributed by atoms with Gasteiger partial charge in [0.25, 0.3) is 0 Å². The molecule has 2 aromatic carbocycles. The van der Waals surface area contributed by atoms with E-state index in [1.54, 1.807) is 0 Å². The van der Waals surface area contributed by atoms with E-state index in [9.17, 15) is 102 Å². The maximum Gasteiger partial charge on any atom is 0.103 e. The highest BCUT2D eigenvalue weighted by Gasteiger charge is 2.46. The molecule has 0 spiro atoms. The zero-order valence-electron chi connectivity index (χ0n) is 30.3. The molecule has 0 aliphatic heterocycles. The predicted octanol–water partition coefficient (Wildman–Crippen LogP) is -5.73. The summed E-state index contributed by atoms with van der Waals surface area (Å²) in [6.45, 7) is -9.92. The molecule has 2 aromatic rings. The van der Waals surface area contributed by atoms with Gasteiger partial charge < -0.3 is 102 Å². The largest absolute Gasteiger partial charge is 0.393 e. The lowest BCUT2D eigenvalue weighted by Crippen LogP contribution is -2.37. The van der Waals surface area contributed by atoms with Crippen LogP contribution in [0.5, 0.6) is 0 Å². The number of hydrogen-bond donors (Lipinski definition) is 20. The summed E-state index contributed by atoms with van der Waals surface area (Å²) in [5.41, 5.74) is -10.6. The van der Waals surface area contributed by atoms with E-state index in [1.807, 2.05) is 0 Å². The van der Waals surface area contributed by atoms with Gasteiger partial charge in [-0.2, -0.15) is 0 Å². The average Bonchev–Trinajstić information content (AvgIpc) is 3.20. The number of rotatable bonds is 22. The van der Waals surface area contributed by atoms with Crippen molar-refractivity contribution in [2.45, 2.75) is 80.3 Å². The summed E-state index contributed by atoms with van der Waals surface area (Å²) < 4.78 is 0. The van der Waals surface area contributed by atoms with Crippen molar-refractivity contribution in [3.8, 4) is 0 Å². The summed E-state index contributed by atoms with van der Waals surface area (Å²) in [5.74, 6) is 0. The van der Waals surface area contributed by atoms with Crippen molar-refractivity contribution in [3.05, 3.63) is 66.8 Å². The molecule has 0 saturated heterocycles. The van der Waals surface area contributed by atoms with Crippen LogP contribution in [-0.4, -0.2) is 168 Å². The fourth-order valence-corrected chi connectivity index (χ4v) is 7.62. The lowest BCUT2D eigenvalue weighted by molar-refractivity contribution is 0.0522. The van der Waals surface area contributed by atoms with E-state index in [1.165, 1.54) is 13.8 Å². The Balaban J connectivity index is 3.91. The number of aliphatic hydroxyl groups is 20. The molecule has 316 valence electrons. The van der Waals surface area contributed by atoms with Gasteiger partial charge in [-0.15, -0.1) is 0 Å². The van der Waals surface area contributed by atoms with Crippen molar-refractivity contribution in [2.24, 2.45) is 0 Å². The lowest BCUT2D eigenvalue weighted by atomic mass is 9.63. The highest BCUT2D eigenvalue weighted by molar-refractivity contribution is 5.66. The zero-order chi connectivity index (χ0) is 42.3. The third-order valence-electron chi connectivity index (χ3n) is 9.71.